The molecule has 44 heavy (non-hydrogen) atoms. The molecule has 10 nitrogen and oxygen atoms in total. The number of carbonyl (C=O) groups is 3. The highest BCUT2D eigenvalue weighted by Gasteiger charge is 2.55. The lowest BCUT2D eigenvalue weighted by Crippen LogP contribution is -2.75. The molecule has 3 amide bonds. The maximum atomic E-state index is 13.8. The van der Waals surface area contributed by atoms with Gasteiger partial charge in [-0.25, -0.2) is 0 Å². The van der Waals surface area contributed by atoms with Crippen LogP contribution in [0.5, 0.6) is 11.5 Å². The van der Waals surface area contributed by atoms with Crippen molar-refractivity contribution in [3.8, 4) is 11.5 Å². The van der Waals surface area contributed by atoms with Crippen molar-refractivity contribution in [1.29, 1.82) is 0 Å². The molecule has 2 aliphatic heterocycles. The minimum Gasteiger partial charge on any atom is -0.457 e. The van der Waals surface area contributed by atoms with Gasteiger partial charge >= 0.3 is 0 Å². The number of aliphatic hydroxyl groups excluding tert-OH is 1. The molecule has 3 N–H and O–H groups in total. The van der Waals surface area contributed by atoms with E-state index in [4.69, 9.17) is 9.47 Å². The van der Waals surface area contributed by atoms with Crippen molar-refractivity contribution in [2.75, 3.05) is 40.4 Å². The Morgan fingerprint density at radius 1 is 1.02 bits per heavy atom. The van der Waals surface area contributed by atoms with Crippen molar-refractivity contribution < 1.29 is 29.0 Å². The number of piperidine rings is 1. The Balaban J connectivity index is 0.00000442. The highest BCUT2D eigenvalue weighted by atomic mass is 35.5. The van der Waals surface area contributed by atoms with Gasteiger partial charge in [-0.1, -0.05) is 31.4 Å². The van der Waals surface area contributed by atoms with E-state index < -0.39 is 17.7 Å². The van der Waals surface area contributed by atoms with Gasteiger partial charge in [-0.3, -0.25) is 19.3 Å². The third-order valence-corrected chi connectivity index (χ3v) is 9.34. The summed E-state index contributed by atoms with van der Waals surface area (Å²) in [5.41, 5.74) is 0.761. The molecule has 0 radical (unpaired) electrons. The monoisotopic (exact) mass is 628 g/mol. The van der Waals surface area contributed by atoms with Crippen LogP contribution in [0.2, 0.25) is 0 Å². The Kier molecular flexibility index (Phi) is 11.6. The quantitative estimate of drug-likeness (QED) is 0.368. The largest absolute Gasteiger partial charge is 0.457 e. The van der Waals surface area contributed by atoms with Crippen molar-refractivity contribution >= 4 is 30.1 Å². The maximum Gasteiger partial charge on any atom is 0.251 e. The van der Waals surface area contributed by atoms with Gasteiger partial charge in [0.2, 0.25) is 11.8 Å². The molecule has 1 spiro atoms. The first-order chi connectivity index (χ1) is 20.8. The van der Waals surface area contributed by atoms with Crippen LogP contribution in [-0.4, -0.2) is 90.7 Å². The van der Waals surface area contributed by atoms with Gasteiger partial charge in [-0.15, -0.1) is 12.4 Å². The van der Waals surface area contributed by atoms with E-state index in [0.29, 0.717) is 62.7 Å². The summed E-state index contributed by atoms with van der Waals surface area (Å²) in [6.45, 7) is 2.70. The predicted molar refractivity (Wildman–Crippen MR) is 169 cm³/mol. The zero-order valence-electron chi connectivity index (χ0n) is 25.6. The molecule has 1 aliphatic carbocycles. The van der Waals surface area contributed by atoms with Crippen LogP contribution in [0.4, 0.5) is 0 Å². The molecule has 0 aromatic heterocycles. The lowest BCUT2D eigenvalue weighted by Gasteiger charge is -2.52. The van der Waals surface area contributed by atoms with E-state index in [1.807, 2.05) is 24.3 Å². The Hall–Kier alpha value is -3.18. The Morgan fingerprint density at radius 2 is 1.64 bits per heavy atom. The minimum absolute atomic E-state index is 0. The molecule has 11 heteroatoms. The van der Waals surface area contributed by atoms with E-state index in [1.54, 1.807) is 43.3 Å². The van der Waals surface area contributed by atoms with E-state index in [1.165, 1.54) is 0 Å². The molecule has 3 fully saturated rings. The number of aliphatic hydroxyl groups is 1. The van der Waals surface area contributed by atoms with Crippen molar-refractivity contribution in [2.24, 2.45) is 5.92 Å². The Labute approximate surface area is 265 Å². The number of nitrogens with zero attached hydrogens (tertiary/aromatic N) is 2. The van der Waals surface area contributed by atoms with Crippen molar-refractivity contribution in [2.45, 2.75) is 69.2 Å². The van der Waals surface area contributed by atoms with Crippen LogP contribution < -0.4 is 15.4 Å². The van der Waals surface area contributed by atoms with Crippen molar-refractivity contribution in [3.63, 3.8) is 0 Å². The van der Waals surface area contributed by atoms with E-state index in [0.717, 1.165) is 37.7 Å². The normalized spacial score (nSPS) is 21.3. The molecule has 240 valence electrons. The first-order valence-corrected chi connectivity index (χ1v) is 15.5. The number of benzene rings is 2. The molecular weight excluding hydrogens is 584 g/mol. The molecule has 5 rings (SSSR count). The molecule has 3 aliphatic rings. The number of halogens is 1. The van der Waals surface area contributed by atoms with Crippen LogP contribution in [0.3, 0.4) is 0 Å². The van der Waals surface area contributed by atoms with Crippen LogP contribution in [0.15, 0.2) is 48.5 Å². The van der Waals surface area contributed by atoms with E-state index in [-0.39, 0.29) is 36.0 Å². The number of hydrogen-bond donors (Lipinski definition) is 3. The summed E-state index contributed by atoms with van der Waals surface area (Å²) in [5, 5.41) is 16.7. The number of hydrogen-bond acceptors (Lipinski definition) is 7. The number of likely N-dealkylation sites (tertiary alicyclic amines) is 1. The number of carbonyl (C=O) groups excluding carboxylic acids is 3. The van der Waals surface area contributed by atoms with Gasteiger partial charge in [0.1, 0.15) is 23.1 Å². The topological polar surface area (TPSA) is 120 Å². The summed E-state index contributed by atoms with van der Waals surface area (Å²) >= 11 is 0. The van der Waals surface area contributed by atoms with Gasteiger partial charge < -0.3 is 30.1 Å². The third-order valence-electron chi connectivity index (χ3n) is 9.34. The molecule has 2 aromatic carbocycles. The van der Waals surface area contributed by atoms with Gasteiger partial charge in [0.25, 0.3) is 5.91 Å². The van der Waals surface area contributed by atoms with Crippen LogP contribution >= 0.6 is 12.4 Å². The average Bonchev–Trinajstić information content (AvgIpc) is 3.04. The smallest absolute Gasteiger partial charge is 0.251 e. The van der Waals surface area contributed by atoms with Gasteiger partial charge in [-0.2, -0.15) is 0 Å². The second-order valence-electron chi connectivity index (χ2n) is 12.0. The van der Waals surface area contributed by atoms with E-state index >= 15 is 0 Å². The van der Waals surface area contributed by atoms with Gasteiger partial charge in [-0.05, 0) is 73.6 Å². The highest BCUT2D eigenvalue weighted by molar-refractivity contribution is 6.00. The fourth-order valence-corrected chi connectivity index (χ4v) is 6.78. The first kappa shape index (κ1) is 33.7. The zero-order valence-corrected chi connectivity index (χ0v) is 26.4. The summed E-state index contributed by atoms with van der Waals surface area (Å²) in [5.74, 6) is 0.887. The fraction of sp³-hybridized carbons (Fsp3) is 0.545. The van der Waals surface area contributed by atoms with E-state index in [9.17, 15) is 19.5 Å². The molecule has 0 unspecified atom stereocenters. The lowest BCUT2D eigenvalue weighted by atomic mass is 9.78. The third kappa shape index (κ3) is 7.37. The summed E-state index contributed by atoms with van der Waals surface area (Å²) in [6, 6.07) is 14.0. The molecule has 1 saturated carbocycles. The predicted octanol–water partition coefficient (Wildman–Crippen LogP) is 3.51. The second-order valence-corrected chi connectivity index (χ2v) is 12.0. The minimum atomic E-state index is -0.931. The zero-order chi connectivity index (χ0) is 30.4. The number of ether oxygens (including phenoxy) is 2. The standard InChI is InChI=1S/C33H44N4O6.ClH/c1-34-30(39)25-10-14-27(15-11-25)43-26-12-8-23(9-13-26)22-36-18-16-33(17-19-36)32(41)35-28(31(40)37(33)20-21-42-2)29(38)24-6-4-3-5-7-24;/h8-15,24,28-29,38H,3-7,16-22H2,1-2H3,(H,34,39)(H,35,41);1H/t28-,29-;/m1./s1. The summed E-state index contributed by atoms with van der Waals surface area (Å²) in [6.07, 6.45) is 5.20. The number of methoxy groups -OCH3 is 1. The lowest BCUT2D eigenvalue weighted by molar-refractivity contribution is -0.166. The van der Waals surface area contributed by atoms with Gasteiger partial charge in [0, 0.05) is 45.9 Å². The fourth-order valence-electron chi connectivity index (χ4n) is 6.78. The summed E-state index contributed by atoms with van der Waals surface area (Å²) in [7, 11) is 3.19. The second kappa shape index (κ2) is 15.2. The number of piperazine rings is 1. The molecule has 2 aromatic rings. The van der Waals surface area contributed by atoms with Crippen LogP contribution in [0.1, 0.15) is 60.9 Å². The number of nitrogens with one attached hydrogen (secondary N) is 2. The number of amides is 3. The first-order valence-electron chi connectivity index (χ1n) is 15.5. The highest BCUT2D eigenvalue weighted by Crippen LogP contribution is 2.36. The molecule has 0 bridgehead atoms. The van der Waals surface area contributed by atoms with Crippen LogP contribution in [0, 0.1) is 5.92 Å². The Bertz CT molecular complexity index is 1260. The molecular formula is C33H45ClN4O6. The van der Waals surface area contributed by atoms with Crippen molar-refractivity contribution in [3.05, 3.63) is 59.7 Å². The Morgan fingerprint density at radius 3 is 2.23 bits per heavy atom. The SMILES string of the molecule is CNC(=O)c1ccc(Oc2ccc(CN3CCC4(CC3)C(=O)N[C@H]([C@H](O)C3CCCCC3)C(=O)N4CCOC)cc2)cc1.Cl. The van der Waals surface area contributed by atoms with Crippen LogP contribution in [0.25, 0.3) is 0 Å². The summed E-state index contributed by atoms with van der Waals surface area (Å²) in [4.78, 5) is 43.2. The molecule has 2 saturated heterocycles. The van der Waals surface area contributed by atoms with Gasteiger partial charge in [0.05, 0.1) is 12.7 Å². The van der Waals surface area contributed by atoms with Crippen LogP contribution in [-0.2, 0) is 20.9 Å². The molecule has 2 atom stereocenters. The van der Waals surface area contributed by atoms with Crippen molar-refractivity contribution in [1.82, 2.24) is 20.4 Å². The van der Waals surface area contributed by atoms with Gasteiger partial charge in [0.15, 0.2) is 0 Å². The number of rotatable bonds is 10. The molecule has 2 heterocycles. The van der Waals surface area contributed by atoms with E-state index in [2.05, 4.69) is 15.5 Å². The average molecular weight is 629 g/mol. The summed E-state index contributed by atoms with van der Waals surface area (Å²) < 4.78 is 11.3. The maximum absolute atomic E-state index is 13.8.